The minimum absolute atomic E-state index is 0.179. The molecule has 1 fully saturated rings. The molecular formula is C13H27N3O. The van der Waals surface area contributed by atoms with Gasteiger partial charge in [-0.3, -0.25) is 4.79 Å². The van der Waals surface area contributed by atoms with Crippen molar-refractivity contribution < 1.29 is 4.79 Å². The van der Waals surface area contributed by atoms with Gasteiger partial charge in [-0.2, -0.15) is 0 Å². The van der Waals surface area contributed by atoms with Gasteiger partial charge in [-0.1, -0.05) is 6.92 Å². The van der Waals surface area contributed by atoms with Crippen LogP contribution in [0.25, 0.3) is 0 Å². The van der Waals surface area contributed by atoms with Crippen molar-refractivity contribution in [1.29, 1.82) is 0 Å². The van der Waals surface area contributed by atoms with E-state index in [1.54, 1.807) is 0 Å². The average Bonchev–Trinajstić information content (AvgIpc) is 2.71. The van der Waals surface area contributed by atoms with Crippen LogP contribution in [0.5, 0.6) is 0 Å². The fraction of sp³-hybridized carbons (Fsp3) is 0.923. The summed E-state index contributed by atoms with van der Waals surface area (Å²) in [6.45, 7) is 8.68. The van der Waals surface area contributed by atoms with E-state index in [1.807, 2.05) is 19.0 Å². The summed E-state index contributed by atoms with van der Waals surface area (Å²) in [4.78, 5) is 16.7. The third-order valence-corrected chi connectivity index (χ3v) is 3.48. The molecule has 4 nitrogen and oxygen atoms in total. The highest BCUT2D eigenvalue weighted by Gasteiger charge is 2.38. The Labute approximate surface area is 105 Å². The van der Waals surface area contributed by atoms with Crippen LogP contribution in [0.15, 0.2) is 0 Å². The number of carbonyl (C=O) groups is 1. The Balaban J connectivity index is 2.59. The molecule has 0 saturated carbocycles. The fourth-order valence-electron chi connectivity index (χ4n) is 2.29. The van der Waals surface area contributed by atoms with E-state index in [0.717, 1.165) is 45.6 Å². The predicted molar refractivity (Wildman–Crippen MR) is 71.0 cm³/mol. The van der Waals surface area contributed by atoms with Crippen molar-refractivity contribution in [2.24, 2.45) is 5.41 Å². The van der Waals surface area contributed by atoms with Gasteiger partial charge in [0.05, 0.1) is 5.41 Å². The Morgan fingerprint density at radius 1 is 1.29 bits per heavy atom. The van der Waals surface area contributed by atoms with Crippen LogP contribution in [0.3, 0.4) is 0 Å². The molecule has 1 rings (SSSR count). The molecule has 1 heterocycles. The van der Waals surface area contributed by atoms with Gasteiger partial charge in [0, 0.05) is 26.2 Å². The topological polar surface area (TPSA) is 35.6 Å². The number of carbonyl (C=O) groups excluding carboxylic acids is 1. The minimum Gasteiger partial charge on any atom is -0.341 e. The first kappa shape index (κ1) is 14.5. The molecule has 1 aliphatic heterocycles. The van der Waals surface area contributed by atoms with E-state index >= 15 is 0 Å². The van der Waals surface area contributed by atoms with Crippen LogP contribution in [0.2, 0.25) is 0 Å². The van der Waals surface area contributed by atoms with Gasteiger partial charge in [0.1, 0.15) is 0 Å². The van der Waals surface area contributed by atoms with Crippen LogP contribution >= 0.6 is 0 Å². The van der Waals surface area contributed by atoms with Gasteiger partial charge >= 0.3 is 0 Å². The molecule has 0 radical (unpaired) electrons. The smallest absolute Gasteiger partial charge is 0.229 e. The molecule has 0 aromatic heterocycles. The van der Waals surface area contributed by atoms with Gasteiger partial charge in [-0.15, -0.1) is 0 Å². The Kier molecular flexibility index (Phi) is 5.40. The molecule has 17 heavy (non-hydrogen) atoms. The molecule has 0 bridgehead atoms. The molecule has 0 spiro atoms. The molecule has 100 valence electrons. The number of likely N-dealkylation sites (N-methyl/N-ethyl adjacent to an activating group) is 1. The van der Waals surface area contributed by atoms with Crippen molar-refractivity contribution in [3.63, 3.8) is 0 Å². The second kappa shape index (κ2) is 6.36. The number of hydrogen-bond donors (Lipinski definition) is 1. The highest BCUT2D eigenvalue weighted by atomic mass is 16.2. The monoisotopic (exact) mass is 241 g/mol. The Bertz CT molecular complexity index is 247. The van der Waals surface area contributed by atoms with Crippen molar-refractivity contribution in [2.45, 2.75) is 26.7 Å². The summed E-state index contributed by atoms with van der Waals surface area (Å²) < 4.78 is 0. The van der Waals surface area contributed by atoms with Gasteiger partial charge in [0.25, 0.3) is 0 Å². The van der Waals surface area contributed by atoms with Crippen LogP contribution in [-0.2, 0) is 4.79 Å². The van der Waals surface area contributed by atoms with E-state index in [-0.39, 0.29) is 5.41 Å². The van der Waals surface area contributed by atoms with E-state index in [2.05, 4.69) is 24.1 Å². The second-order valence-electron chi connectivity index (χ2n) is 5.58. The van der Waals surface area contributed by atoms with Crippen LogP contribution < -0.4 is 5.32 Å². The first-order chi connectivity index (χ1) is 7.99. The first-order valence-corrected chi connectivity index (χ1v) is 6.64. The van der Waals surface area contributed by atoms with Crippen LogP contribution in [0.4, 0.5) is 0 Å². The first-order valence-electron chi connectivity index (χ1n) is 6.64. The molecule has 1 unspecified atom stereocenters. The number of rotatable bonds is 6. The lowest BCUT2D eigenvalue weighted by Crippen LogP contribution is -2.46. The number of nitrogens with zero attached hydrogens (tertiary/aromatic N) is 2. The van der Waals surface area contributed by atoms with Crippen molar-refractivity contribution in [3.8, 4) is 0 Å². The second-order valence-corrected chi connectivity index (χ2v) is 5.58. The maximum atomic E-state index is 12.5. The lowest BCUT2D eigenvalue weighted by atomic mass is 9.88. The average molecular weight is 241 g/mol. The zero-order chi connectivity index (χ0) is 12.9. The van der Waals surface area contributed by atoms with E-state index in [9.17, 15) is 4.79 Å². The van der Waals surface area contributed by atoms with Gasteiger partial charge in [-0.05, 0) is 40.4 Å². The molecule has 1 atom stereocenters. The zero-order valence-corrected chi connectivity index (χ0v) is 11.8. The van der Waals surface area contributed by atoms with E-state index < -0.39 is 0 Å². The standard InChI is InChI=1S/C13H27N3O/c1-5-8-16(10-9-15(3)4)12(17)13(2)6-7-14-11-13/h14H,5-11H2,1-4H3. The summed E-state index contributed by atoms with van der Waals surface area (Å²) in [5.74, 6) is 0.325. The molecule has 4 heteroatoms. The molecule has 1 amide bonds. The van der Waals surface area contributed by atoms with Crippen molar-refractivity contribution >= 4 is 5.91 Å². The summed E-state index contributed by atoms with van der Waals surface area (Å²) >= 11 is 0. The molecular weight excluding hydrogens is 214 g/mol. The van der Waals surface area contributed by atoms with Gasteiger partial charge in [0.15, 0.2) is 0 Å². The molecule has 1 saturated heterocycles. The van der Waals surface area contributed by atoms with E-state index in [0.29, 0.717) is 5.91 Å². The van der Waals surface area contributed by atoms with Crippen molar-refractivity contribution in [1.82, 2.24) is 15.1 Å². The summed E-state index contributed by atoms with van der Waals surface area (Å²) in [5.41, 5.74) is -0.179. The fourth-order valence-corrected chi connectivity index (χ4v) is 2.29. The normalized spacial score (nSPS) is 24.3. The van der Waals surface area contributed by atoms with Crippen LogP contribution in [-0.4, -0.2) is 62.5 Å². The highest BCUT2D eigenvalue weighted by molar-refractivity contribution is 5.83. The zero-order valence-electron chi connectivity index (χ0n) is 11.8. The Morgan fingerprint density at radius 3 is 2.47 bits per heavy atom. The number of amides is 1. The summed E-state index contributed by atoms with van der Waals surface area (Å²) in [7, 11) is 4.10. The predicted octanol–water partition coefficient (Wildman–Crippen LogP) is 0.786. The third-order valence-electron chi connectivity index (χ3n) is 3.48. The van der Waals surface area contributed by atoms with Gasteiger partial charge in [-0.25, -0.2) is 0 Å². The maximum Gasteiger partial charge on any atom is 0.229 e. The quantitative estimate of drug-likeness (QED) is 0.747. The lowest BCUT2D eigenvalue weighted by Gasteiger charge is -2.32. The van der Waals surface area contributed by atoms with Crippen molar-refractivity contribution in [3.05, 3.63) is 0 Å². The minimum atomic E-state index is -0.179. The number of nitrogens with one attached hydrogen (secondary N) is 1. The Morgan fingerprint density at radius 2 is 2.00 bits per heavy atom. The van der Waals surface area contributed by atoms with E-state index in [1.165, 1.54) is 0 Å². The SMILES string of the molecule is CCCN(CCN(C)C)C(=O)C1(C)CCNC1. The molecule has 1 aliphatic rings. The third kappa shape index (κ3) is 3.96. The van der Waals surface area contributed by atoms with Gasteiger partial charge < -0.3 is 15.1 Å². The lowest BCUT2D eigenvalue weighted by molar-refractivity contribution is -0.140. The van der Waals surface area contributed by atoms with Crippen LogP contribution in [0, 0.1) is 5.41 Å². The molecule has 1 N–H and O–H groups in total. The molecule has 0 aromatic carbocycles. The van der Waals surface area contributed by atoms with Crippen LogP contribution in [0.1, 0.15) is 26.7 Å². The molecule has 0 aliphatic carbocycles. The Hall–Kier alpha value is -0.610. The van der Waals surface area contributed by atoms with Gasteiger partial charge in [0.2, 0.25) is 5.91 Å². The van der Waals surface area contributed by atoms with E-state index in [4.69, 9.17) is 0 Å². The largest absolute Gasteiger partial charge is 0.341 e. The number of hydrogen-bond acceptors (Lipinski definition) is 3. The maximum absolute atomic E-state index is 12.5. The van der Waals surface area contributed by atoms with Crippen molar-refractivity contribution in [2.75, 3.05) is 46.8 Å². The molecule has 0 aromatic rings. The summed E-state index contributed by atoms with van der Waals surface area (Å²) in [6, 6.07) is 0. The highest BCUT2D eigenvalue weighted by Crippen LogP contribution is 2.27. The summed E-state index contributed by atoms with van der Waals surface area (Å²) in [5, 5.41) is 3.30. The summed E-state index contributed by atoms with van der Waals surface area (Å²) in [6.07, 6.45) is 2.00.